The molecule has 0 amide bonds. The molecule has 0 aromatic carbocycles. The molecule has 6 saturated heterocycles. The van der Waals surface area contributed by atoms with Crippen LogP contribution in [0.5, 0.6) is 0 Å². The molecule has 31 nitrogen and oxygen atoms in total. The zero-order chi connectivity index (χ0) is 69.2. The van der Waals surface area contributed by atoms with Gasteiger partial charge in [0.25, 0.3) is 0 Å². The lowest BCUT2D eigenvalue weighted by atomic mass is 9.33. The van der Waals surface area contributed by atoms with Gasteiger partial charge in [-0.15, -0.1) is 0 Å². The van der Waals surface area contributed by atoms with Gasteiger partial charge in [0.2, 0.25) is 6.29 Å². The third-order valence-corrected chi connectivity index (χ3v) is 25.2. The van der Waals surface area contributed by atoms with Crippen molar-refractivity contribution < 1.29 is 154 Å². The Morgan fingerprint density at radius 3 is 1.62 bits per heavy atom. The second-order valence-corrected chi connectivity index (χ2v) is 30.3. The summed E-state index contributed by atoms with van der Waals surface area (Å²) in [5, 5.41) is 197. The van der Waals surface area contributed by atoms with Crippen LogP contribution in [-0.4, -0.2) is 314 Å². The Bertz CT molecular complexity index is 2640. The minimum atomic E-state index is -1.93. The predicted molar refractivity (Wildman–Crippen MR) is 316 cm³/mol. The Morgan fingerprint density at radius 2 is 1.02 bits per heavy atom. The monoisotopic (exact) mass is 1370 g/mol. The highest BCUT2D eigenvalue weighted by Crippen LogP contribution is 2.77. The van der Waals surface area contributed by atoms with Crippen molar-refractivity contribution >= 4 is 5.97 Å². The Kier molecular flexibility index (Phi) is 21.9. The molecule has 11 rings (SSSR count). The number of aliphatic hydroxyl groups is 18. The van der Waals surface area contributed by atoms with Gasteiger partial charge < -0.3 is 149 Å². The van der Waals surface area contributed by atoms with Crippen LogP contribution >= 0.6 is 0 Å². The number of ether oxygens (including phenoxy) is 12. The van der Waals surface area contributed by atoms with Crippen LogP contribution in [0, 0.1) is 51.2 Å². The van der Waals surface area contributed by atoms with Crippen molar-refractivity contribution in [2.45, 2.75) is 303 Å². The summed E-state index contributed by atoms with van der Waals surface area (Å²) in [5.41, 5.74) is -2.96. The van der Waals surface area contributed by atoms with Crippen molar-refractivity contribution in [1.29, 1.82) is 0 Å². The quantitative estimate of drug-likeness (QED) is 0.0390. The van der Waals surface area contributed by atoms with E-state index in [1.54, 1.807) is 6.92 Å². The van der Waals surface area contributed by atoms with Gasteiger partial charge in [0.1, 0.15) is 128 Å². The van der Waals surface area contributed by atoms with Crippen molar-refractivity contribution in [3.8, 4) is 0 Å². The van der Waals surface area contributed by atoms with E-state index in [4.69, 9.17) is 56.8 Å². The fraction of sp³-hybridized carbons (Fsp3) is 0.953. The number of hydrogen-bond acceptors (Lipinski definition) is 31. The van der Waals surface area contributed by atoms with Gasteiger partial charge in [0.05, 0.1) is 55.8 Å². The molecule has 0 aromatic rings. The average molecular weight is 1370 g/mol. The molecule has 11 aliphatic rings. The van der Waals surface area contributed by atoms with E-state index >= 15 is 4.79 Å². The molecule has 18 N–H and O–H groups in total. The van der Waals surface area contributed by atoms with Crippen LogP contribution in [0.25, 0.3) is 0 Å². The van der Waals surface area contributed by atoms with Crippen molar-refractivity contribution in [3.63, 3.8) is 0 Å². The highest BCUT2D eigenvalue weighted by molar-refractivity contribution is 5.78. The summed E-state index contributed by atoms with van der Waals surface area (Å²) >= 11 is 0. The molecular weight excluding hydrogens is 1260 g/mol. The lowest BCUT2D eigenvalue weighted by Crippen LogP contribution is -2.69. The number of carbonyl (C=O) groups is 1. The van der Waals surface area contributed by atoms with Crippen LogP contribution in [0.15, 0.2) is 12.2 Å². The molecule has 5 saturated carbocycles. The molecule has 95 heavy (non-hydrogen) atoms. The SMILES string of the molecule is C=C(C)[C@@H]1CC[C@]2(C(=O)O[C@@H]3O[C@H](CO[C@@H]4O[C@H](CO)[C@@H](O[C@@H]5O[C@@H](C)[C@H](O)[C@@H](O)[C@H]5O)[C@H](O)[C@H]4O)[C@@H](O)[C@H](O)[C@H]3O)CC[C@]3(C)[C@H](CC[C@@H]4[C@@]5(C)CC[C@H](O[C@@H]6OC[C@H](O[C@@H]7O[C@H](CO)[C@@H](O)[C@H](O)[C@H]7O)[C@H](O)[C@H]6O[C@@H]6O[C@@H](C)[C@H](O)[C@@H](O)[C@H]6O)[C@@](C)(O)[C@@H]5CC[C@]43C)[C@@H]12. The summed E-state index contributed by atoms with van der Waals surface area (Å²) in [4.78, 5) is 15.3. The van der Waals surface area contributed by atoms with E-state index in [0.717, 1.165) is 12.0 Å². The van der Waals surface area contributed by atoms with Gasteiger partial charge in [-0.25, -0.2) is 0 Å². The molecule has 11 fully saturated rings. The van der Waals surface area contributed by atoms with Gasteiger partial charge in [-0.05, 0) is 138 Å². The smallest absolute Gasteiger partial charge is 0.314 e. The summed E-state index contributed by atoms with van der Waals surface area (Å²) < 4.78 is 71.4. The lowest BCUT2D eigenvalue weighted by molar-refractivity contribution is -0.383. The van der Waals surface area contributed by atoms with Crippen LogP contribution in [0.3, 0.4) is 0 Å². The highest BCUT2D eigenvalue weighted by atomic mass is 16.8. The van der Waals surface area contributed by atoms with Gasteiger partial charge in [-0.2, -0.15) is 0 Å². The summed E-state index contributed by atoms with van der Waals surface area (Å²) in [7, 11) is 0. The number of hydrogen-bond donors (Lipinski definition) is 18. The maximum absolute atomic E-state index is 15.3. The number of esters is 1. The first-order chi connectivity index (χ1) is 44.6. The molecular formula is C64H104O31. The second-order valence-electron chi connectivity index (χ2n) is 30.3. The van der Waals surface area contributed by atoms with E-state index in [0.29, 0.717) is 57.8 Å². The van der Waals surface area contributed by atoms with E-state index < -0.39 is 233 Å². The van der Waals surface area contributed by atoms with Crippen molar-refractivity contribution in [1.82, 2.24) is 0 Å². The van der Waals surface area contributed by atoms with Crippen LogP contribution in [0.4, 0.5) is 0 Å². The van der Waals surface area contributed by atoms with E-state index in [9.17, 15) is 91.9 Å². The van der Waals surface area contributed by atoms with Gasteiger partial charge in [-0.3, -0.25) is 4.79 Å². The molecule has 0 aromatic heterocycles. The lowest BCUT2D eigenvalue weighted by Gasteiger charge is -2.72. The summed E-state index contributed by atoms with van der Waals surface area (Å²) in [5.74, 6) is -1.40. The molecule has 31 heteroatoms. The van der Waals surface area contributed by atoms with Crippen LogP contribution in [0.1, 0.15) is 113 Å². The molecule has 0 spiro atoms. The number of aliphatic hydroxyl groups excluding tert-OH is 17. The minimum absolute atomic E-state index is 0.0481. The van der Waals surface area contributed by atoms with Crippen LogP contribution in [0.2, 0.25) is 0 Å². The van der Waals surface area contributed by atoms with Gasteiger partial charge >= 0.3 is 5.97 Å². The fourth-order valence-electron chi connectivity index (χ4n) is 19.5. The van der Waals surface area contributed by atoms with Crippen LogP contribution < -0.4 is 0 Å². The molecule has 0 unspecified atom stereocenters. The second kappa shape index (κ2) is 28.0. The molecule has 6 heterocycles. The third kappa shape index (κ3) is 12.6. The van der Waals surface area contributed by atoms with Crippen molar-refractivity contribution in [3.05, 3.63) is 12.2 Å². The third-order valence-electron chi connectivity index (χ3n) is 25.2. The summed E-state index contributed by atoms with van der Waals surface area (Å²) in [6.45, 7) is 15.2. The van der Waals surface area contributed by atoms with Gasteiger partial charge in [0, 0.05) is 0 Å². The molecule has 40 atom stereocenters. The van der Waals surface area contributed by atoms with E-state index in [1.807, 2.05) is 6.92 Å². The average Bonchev–Trinajstić information content (AvgIpc) is 1.61. The Labute approximate surface area is 550 Å². The number of rotatable bonds is 16. The summed E-state index contributed by atoms with van der Waals surface area (Å²) in [6, 6.07) is 0. The zero-order valence-corrected chi connectivity index (χ0v) is 54.7. The molecule has 6 aliphatic heterocycles. The van der Waals surface area contributed by atoms with Gasteiger partial charge in [0.15, 0.2) is 31.5 Å². The highest BCUT2D eigenvalue weighted by Gasteiger charge is 2.73. The topological polar surface area (TPSA) is 492 Å². The largest absolute Gasteiger partial charge is 0.432 e. The summed E-state index contributed by atoms with van der Waals surface area (Å²) in [6.07, 6.45) is -42.9. The Hall–Kier alpha value is -1.95. The standard InChI is InChI=1S/C64H104O31/c1-23(2)26-11-16-64(59(82)95-57-49(80)44(75)39(70)30(90-57)21-84-53-50(81)45(76)51(29(20-66)89-53)93-54-46(77)41(72)36(67)24(3)86-54)18-17-61(6)27(35(26)64)9-10-32-60(5)14-13-34(63(8,83)33(60)12-15-62(32,61)7)92-58-52(94-55-47(78)42(73)37(68)25(4)87-55)40(71)31(22-85-58)91-56-48(79)43(74)38(69)28(19-65)88-56/h24-58,65-81,83H,1,9-22H2,2-8H3/t24-,25-,26-,27+,28+,29+,30+,31-,32+,33+,34-,35+,36-,37-,38+,39+,40-,41+,42+,43-,44-,45+,46+,47+,48+,49+,50+,51+,52+,53+,54-,55-,56-,57-,58-,60+,61+,62+,63-,64-/m0/s1. The molecule has 0 radical (unpaired) electrons. The minimum Gasteiger partial charge on any atom is -0.432 e. The van der Waals surface area contributed by atoms with Crippen molar-refractivity contribution in [2.75, 3.05) is 26.4 Å². The van der Waals surface area contributed by atoms with Crippen LogP contribution in [-0.2, 0) is 61.6 Å². The van der Waals surface area contributed by atoms with Crippen molar-refractivity contribution in [2.24, 2.45) is 51.2 Å². The number of carbonyl (C=O) groups excluding carboxylic acids is 1. The first-order valence-electron chi connectivity index (χ1n) is 33.8. The van der Waals surface area contributed by atoms with E-state index in [2.05, 4.69) is 27.4 Å². The maximum atomic E-state index is 15.3. The maximum Gasteiger partial charge on any atom is 0.314 e. The molecule has 546 valence electrons. The zero-order valence-electron chi connectivity index (χ0n) is 54.7. The molecule has 0 bridgehead atoms. The number of fused-ring (bicyclic) bond motifs is 7. The Morgan fingerprint density at radius 1 is 0.484 bits per heavy atom. The first kappa shape index (κ1) is 74.2. The predicted octanol–water partition coefficient (Wildman–Crippen LogP) is -5.11. The molecule has 5 aliphatic carbocycles. The van der Waals surface area contributed by atoms with E-state index in [-0.39, 0.29) is 40.4 Å². The van der Waals surface area contributed by atoms with E-state index in [1.165, 1.54) is 13.8 Å². The number of allylic oxidation sites excluding steroid dienone is 1. The van der Waals surface area contributed by atoms with Gasteiger partial charge in [-0.1, -0.05) is 32.9 Å². The first-order valence-corrected chi connectivity index (χ1v) is 33.8. The fourth-order valence-corrected chi connectivity index (χ4v) is 19.5. The normalized spacial score (nSPS) is 56.5. The Balaban J connectivity index is 0.767.